The van der Waals surface area contributed by atoms with Gasteiger partial charge in [0.05, 0.1) is 16.6 Å². The third-order valence-corrected chi connectivity index (χ3v) is 21.2. The molecule has 6 aliphatic rings. The van der Waals surface area contributed by atoms with E-state index in [4.69, 9.17) is 8.83 Å². The lowest BCUT2D eigenvalue weighted by molar-refractivity contribution is 0.194. The Morgan fingerprint density at radius 2 is 1.14 bits per heavy atom. The fourth-order valence-electron chi connectivity index (χ4n) is 17.0. The first-order chi connectivity index (χ1) is 36.8. The largest absolute Gasteiger partial charge is 0.456 e. The molecular formula is C70H62BN3O2. The summed E-state index contributed by atoms with van der Waals surface area (Å²) in [6.45, 7) is 17.6. The predicted molar refractivity (Wildman–Crippen MR) is 318 cm³/mol. The van der Waals surface area contributed by atoms with Crippen LogP contribution >= 0.6 is 0 Å². The number of anilines is 4. The van der Waals surface area contributed by atoms with Crippen molar-refractivity contribution in [1.82, 2.24) is 4.57 Å². The normalized spacial score (nSPS) is 24.0. The van der Waals surface area contributed by atoms with Gasteiger partial charge >= 0.3 is 0 Å². The maximum Gasteiger partial charge on any atom is 0.252 e. The lowest BCUT2D eigenvalue weighted by Crippen LogP contribution is -2.64. The molecule has 4 atom stereocenters. The van der Waals surface area contributed by atoms with E-state index >= 15 is 0 Å². The average Bonchev–Trinajstić information content (AvgIpc) is 3.84. The van der Waals surface area contributed by atoms with Gasteiger partial charge in [-0.3, -0.25) is 0 Å². The zero-order valence-electron chi connectivity index (χ0n) is 44.8. The van der Waals surface area contributed by atoms with Gasteiger partial charge in [-0.25, -0.2) is 0 Å². The van der Waals surface area contributed by atoms with Crippen molar-refractivity contribution < 1.29 is 8.83 Å². The summed E-state index contributed by atoms with van der Waals surface area (Å²) in [6, 6.07) is 58.2. The second-order valence-electron chi connectivity index (χ2n) is 25.8. The Labute approximate surface area is 445 Å². The topological polar surface area (TPSA) is 37.7 Å². The van der Waals surface area contributed by atoms with Crippen molar-refractivity contribution in [2.45, 2.75) is 127 Å². The molecule has 6 heteroatoms. The summed E-state index contributed by atoms with van der Waals surface area (Å²) in [6.07, 6.45) is 9.45. The van der Waals surface area contributed by atoms with Crippen LogP contribution in [-0.4, -0.2) is 22.4 Å². The Balaban J connectivity index is 1.02. The van der Waals surface area contributed by atoms with Gasteiger partial charge in [-0.2, -0.15) is 0 Å². The number of nitrogens with zero attached hydrogens (tertiary/aromatic N) is 3. The molecule has 76 heavy (non-hydrogen) atoms. The molecule has 5 nitrogen and oxygen atoms in total. The average molecular weight is 988 g/mol. The molecule has 4 unspecified atom stereocenters. The maximum absolute atomic E-state index is 7.17. The van der Waals surface area contributed by atoms with Crippen molar-refractivity contribution in [1.29, 1.82) is 0 Å². The molecule has 3 aromatic heterocycles. The molecule has 0 saturated heterocycles. The molecule has 2 aliphatic carbocycles. The van der Waals surface area contributed by atoms with Gasteiger partial charge in [0.25, 0.3) is 6.71 Å². The van der Waals surface area contributed by atoms with Gasteiger partial charge in [-0.15, -0.1) is 0 Å². The van der Waals surface area contributed by atoms with Crippen LogP contribution in [0.15, 0.2) is 160 Å². The predicted octanol–water partition coefficient (Wildman–Crippen LogP) is 16.7. The molecule has 17 rings (SSSR count). The lowest BCUT2D eigenvalue weighted by atomic mass is 9.33. The van der Waals surface area contributed by atoms with Gasteiger partial charge in [0.1, 0.15) is 22.3 Å². The summed E-state index contributed by atoms with van der Waals surface area (Å²) in [5, 5.41) is 4.74. The first-order valence-corrected chi connectivity index (χ1v) is 28.4. The van der Waals surface area contributed by atoms with Crippen LogP contribution in [0, 0.1) is 0 Å². The molecule has 7 heterocycles. The second kappa shape index (κ2) is 14.3. The first-order valence-electron chi connectivity index (χ1n) is 28.4. The quantitative estimate of drug-likeness (QED) is 0.165. The Hall–Kier alpha value is -7.44. The van der Waals surface area contributed by atoms with Crippen molar-refractivity contribution in [3.05, 3.63) is 168 Å². The van der Waals surface area contributed by atoms with Crippen LogP contribution < -0.4 is 26.2 Å². The molecule has 2 fully saturated rings. The molecule has 11 aromatic rings. The standard InChI is InChI=1S/C70H62BN3O2/c1-66(2,3)44-37-49-62-53(38-44)71-52-36-43(46-24-19-27-59-60(46)47-22-11-13-25-57(47)75-59)35-51-64(52)74(70(7)33-18-16-31-68(51,70)5)56-40-45(39-55(61(56)71)72(62)63-48-23-12-14-26-58(48)76-65(49)63)73-54-29-28-42(41-20-9-8-10-21-41)34-50(54)67(4)30-15-17-32-69(67,73)6/h8-14,19-29,34-40H,15-18,30-33H2,1-7H3. The highest BCUT2D eigenvalue weighted by Gasteiger charge is 2.63. The highest BCUT2D eigenvalue weighted by Crippen LogP contribution is 2.65. The Morgan fingerprint density at radius 1 is 0.487 bits per heavy atom. The number of hydrogen-bond donors (Lipinski definition) is 0. The van der Waals surface area contributed by atoms with E-state index in [9.17, 15) is 0 Å². The zero-order chi connectivity index (χ0) is 51.0. The van der Waals surface area contributed by atoms with Gasteiger partial charge in [-0.1, -0.05) is 151 Å². The molecule has 0 amide bonds. The van der Waals surface area contributed by atoms with Gasteiger partial charge < -0.3 is 23.2 Å². The van der Waals surface area contributed by atoms with E-state index in [1.54, 1.807) is 0 Å². The van der Waals surface area contributed by atoms with E-state index in [-0.39, 0.29) is 34.0 Å². The van der Waals surface area contributed by atoms with Crippen LogP contribution in [0.5, 0.6) is 0 Å². The summed E-state index contributed by atoms with van der Waals surface area (Å²) in [5.74, 6) is 0. The summed E-state index contributed by atoms with van der Waals surface area (Å²) >= 11 is 0. The number of rotatable bonds is 3. The number of aromatic nitrogens is 1. The van der Waals surface area contributed by atoms with E-state index < -0.39 is 0 Å². The fraction of sp³-hybridized carbons (Fsp3) is 0.286. The SMILES string of the molecule is CC(C)(C)c1cc2c3c(c1)c1oc4ccccc4c1n3-c1cc(N3c4ccc(-c5ccccc5)cc4C4(C)CCCCC34C)cc3c1B2c1cc(-c2cccc4oc5ccccc5c24)cc2c1N3C1(C)CCCCC21C. The molecule has 0 N–H and O–H groups in total. The van der Waals surface area contributed by atoms with Crippen molar-refractivity contribution in [2.24, 2.45) is 0 Å². The summed E-state index contributed by atoms with van der Waals surface area (Å²) in [4.78, 5) is 5.79. The number of para-hydroxylation sites is 2. The molecule has 0 radical (unpaired) electrons. The number of benzene rings is 8. The fourth-order valence-corrected chi connectivity index (χ4v) is 17.0. The second-order valence-corrected chi connectivity index (χ2v) is 25.8. The van der Waals surface area contributed by atoms with Crippen LogP contribution in [0.25, 0.3) is 82.9 Å². The Morgan fingerprint density at radius 3 is 1.92 bits per heavy atom. The van der Waals surface area contributed by atoms with Gasteiger partial charge in [0.15, 0.2) is 5.58 Å². The first kappa shape index (κ1) is 43.8. The van der Waals surface area contributed by atoms with E-state index in [0.29, 0.717) is 0 Å². The molecule has 372 valence electrons. The number of furan rings is 2. The van der Waals surface area contributed by atoms with Crippen LogP contribution in [0.2, 0.25) is 0 Å². The minimum absolute atomic E-state index is 0.0333. The highest BCUT2D eigenvalue weighted by atomic mass is 16.3. The third kappa shape index (κ3) is 5.16. The summed E-state index contributed by atoms with van der Waals surface area (Å²) in [5.41, 5.74) is 26.0. The van der Waals surface area contributed by atoms with E-state index in [1.807, 2.05) is 0 Å². The molecule has 0 spiro atoms. The smallest absolute Gasteiger partial charge is 0.252 e. The molecular weight excluding hydrogens is 926 g/mol. The van der Waals surface area contributed by atoms with Crippen LogP contribution in [0.3, 0.4) is 0 Å². The molecule has 2 saturated carbocycles. The van der Waals surface area contributed by atoms with Crippen molar-refractivity contribution in [2.75, 3.05) is 9.80 Å². The van der Waals surface area contributed by atoms with E-state index in [0.717, 1.165) is 47.0 Å². The minimum atomic E-state index is -0.180. The zero-order valence-corrected chi connectivity index (χ0v) is 44.8. The van der Waals surface area contributed by atoms with E-state index in [2.05, 4.69) is 214 Å². The lowest BCUT2D eigenvalue weighted by Gasteiger charge is -2.53. The summed E-state index contributed by atoms with van der Waals surface area (Å²) in [7, 11) is 0. The van der Waals surface area contributed by atoms with Crippen molar-refractivity contribution in [3.63, 3.8) is 0 Å². The van der Waals surface area contributed by atoms with Gasteiger partial charge in [0.2, 0.25) is 0 Å². The number of hydrogen-bond acceptors (Lipinski definition) is 4. The van der Waals surface area contributed by atoms with Gasteiger partial charge in [-0.05, 0) is 161 Å². The van der Waals surface area contributed by atoms with Crippen molar-refractivity contribution >= 4 is 101 Å². The highest BCUT2D eigenvalue weighted by molar-refractivity contribution is 7.00. The Kier molecular flexibility index (Phi) is 8.25. The molecule has 4 aliphatic heterocycles. The third-order valence-electron chi connectivity index (χ3n) is 21.2. The van der Waals surface area contributed by atoms with Gasteiger partial charge in [0, 0.05) is 60.8 Å². The van der Waals surface area contributed by atoms with Crippen LogP contribution in [0.4, 0.5) is 22.7 Å². The van der Waals surface area contributed by atoms with Crippen LogP contribution in [0.1, 0.15) is 117 Å². The van der Waals surface area contributed by atoms with Crippen LogP contribution in [-0.2, 0) is 16.2 Å². The van der Waals surface area contributed by atoms with Crippen molar-refractivity contribution in [3.8, 4) is 27.9 Å². The molecule has 0 bridgehead atoms. The molecule has 8 aromatic carbocycles. The minimum Gasteiger partial charge on any atom is -0.456 e. The van der Waals surface area contributed by atoms with E-state index in [1.165, 1.54) is 143 Å². The Bertz CT molecular complexity index is 4400. The number of fused-ring (bicyclic) bond motifs is 18. The summed E-state index contributed by atoms with van der Waals surface area (Å²) < 4.78 is 16.5. The maximum atomic E-state index is 7.17. The monoisotopic (exact) mass is 987 g/mol.